The minimum atomic E-state index is -0.241. The zero-order chi connectivity index (χ0) is 69.5. The number of hydrogen-bond donors (Lipinski definition) is 0. The van der Waals surface area contributed by atoms with Gasteiger partial charge in [-0.15, -0.1) is 0 Å². The van der Waals surface area contributed by atoms with Crippen LogP contribution < -0.4 is 29.4 Å². The van der Waals surface area contributed by atoms with Gasteiger partial charge in [0.2, 0.25) is 0 Å². The van der Waals surface area contributed by atoms with Crippen molar-refractivity contribution in [3.05, 3.63) is 179 Å². The summed E-state index contributed by atoms with van der Waals surface area (Å²) in [4.78, 5) is 63.2. The van der Waals surface area contributed by atoms with Crippen molar-refractivity contribution in [3.8, 4) is 0 Å². The molecule has 15 rings (SSSR count). The molecule has 99 heavy (non-hydrogen) atoms. The predicted molar refractivity (Wildman–Crippen MR) is 381 cm³/mol. The number of carbonyl (C=O) groups is 3. The Morgan fingerprint density at radius 3 is 1.00 bits per heavy atom. The van der Waals surface area contributed by atoms with E-state index < -0.39 is 0 Å². The molecule has 0 unspecified atom stereocenters. The van der Waals surface area contributed by atoms with Crippen LogP contribution in [0.15, 0.2) is 127 Å². The number of carbonyl (C=O) groups excluding carboxylic acids is 3. The molecule has 0 N–H and O–H groups in total. The maximum absolute atomic E-state index is 14.2. The number of likely N-dealkylation sites (tertiary alicyclic amines) is 3. The molecule has 21 heteroatoms. The second-order valence-electron chi connectivity index (χ2n) is 29.8. The zero-order valence-corrected chi connectivity index (χ0v) is 58.3. The summed E-state index contributed by atoms with van der Waals surface area (Å²) in [6, 6.07) is 36.6. The number of urea groups is 3. The first-order chi connectivity index (χ1) is 47.6. The minimum absolute atomic E-state index is 0.0460. The van der Waals surface area contributed by atoms with Gasteiger partial charge in [-0.05, 0) is 242 Å². The average Bonchev–Trinajstić information content (AvgIpc) is 1.61. The molecule has 6 aromatic carbocycles. The van der Waals surface area contributed by atoms with Crippen LogP contribution >= 0.6 is 0 Å². The largest absolute Gasteiger partial charge is 0.371 e. The molecule has 6 saturated heterocycles. The molecular weight excluding hydrogens is 1270 g/mol. The molecule has 9 heterocycles. The molecule has 528 valence electrons. The quantitative estimate of drug-likeness (QED) is 0.151. The number of fused-ring (bicyclic) bond motifs is 6. The van der Waals surface area contributed by atoms with E-state index in [0.29, 0.717) is 43.4 Å². The van der Waals surface area contributed by atoms with Crippen LogP contribution in [-0.4, -0.2) is 206 Å². The lowest BCUT2D eigenvalue weighted by Gasteiger charge is -2.45. The molecule has 6 fully saturated rings. The van der Waals surface area contributed by atoms with Crippen LogP contribution in [-0.2, 0) is 16.2 Å². The number of nitrogens with zero attached hydrogens (tertiary/aromatic N) is 12. The summed E-state index contributed by atoms with van der Waals surface area (Å²) < 4.78 is 83.6. The first kappa shape index (κ1) is 69.5. The number of amides is 6. The Hall–Kier alpha value is -8.01. The highest BCUT2D eigenvalue weighted by Crippen LogP contribution is 2.51. The van der Waals surface area contributed by atoms with Crippen molar-refractivity contribution in [1.29, 1.82) is 0 Å². The third-order valence-electron chi connectivity index (χ3n) is 23.5. The van der Waals surface area contributed by atoms with E-state index in [9.17, 15) is 40.7 Å². The number of halogens is 6. The third kappa shape index (κ3) is 14.3. The second kappa shape index (κ2) is 28.9. The lowest BCUT2D eigenvalue weighted by atomic mass is 9.74. The summed E-state index contributed by atoms with van der Waals surface area (Å²) in [5, 5.41) is 0. The Balaban J connectivity index is 0.000000133. The zero-order valence-electron chi connectivity index (χ0n) is 58.3. The number of piperidine rings is 6. The fourth-order valence-corrected chi connectivity index (χ4v) is 17.9. The van der Waals surface area contributed by atoms with Crippen molar-refractivity contribution in [2.45, 2.75) is 111 Å². The number of rotatable bonds is 6. The van der Waals surface area contributed by atoms with E-state index in [1.165, 1.54) is 42.5 Å². The van der Waals surface area contributed by atoms with Gasteiger partial charge in [-0.1, -0.05) is 18.2 Å². The van der Waals surface area contributed by atoms with Gasteiger partial charge in [0, 0.05) is 164 Å². The van der Waals surface area contributed by atoms with E-state index in [1.54, 1.807) is 112 Å². The lowest BCUT2D eigenvalue weighted by molar-refractivity contribution is 0.104. The molecule has 0 bridgehead atoms. The monoisotopic (exact) mass is 1360 g/mol. The molecule has 9 aliphatic heterocycles. The normalized spacial score (nSPS) is 20.8. The van der Waals surface area contributed by atoms with Gasteiger partial charge in [-0.3, -0.25) is 14.7 Å². The van der Waals surface area contributed by atoms with Gasteiger partial charge in [0.15, 0.2) is 0 Å². The SMILES string of the molecule is CN(C)C(=O)N1CC2(CCN(C3CCN(c4ccc(F)cc4)CC3)CC2)c2cc(F)ccc21.CN(C)C(=O)N1CC2(CCN(C3CCN(c4cccc(F)c4)CC3)CC2)c2cc(F)ccc21.CN(C)C(=O)N1CC2(CCN(C3CCN(c4ccccc4F)CC3)CC2)c2cc(F)ccc21. The highest BCUT2D eigenvalue weighted by Gasteiger charge is 2.51. The molecule has 6 aromatic rings. The van der Waals surface area contributed by atoms with Gasteiger partial charge in [0.1, 0.15) is 34.9 Å². The van der Waals surface area contributed by atoms with Crippen LogP contribution in [0.5, 0.6) is 0 Å². The van der Waals surface area contributed by atoms with Crippen LogP contribution in [0.25, 0.3) is 0 Å². The van der Waals surface area contributed by atoms with Crippen molar-refractivity contribution < 1.29 is 40.7 Å². The number of anilines is 6. The third-order valence-corrected chi connectivity index (χ3v) is 23.5. The number of benzene rings is 6. The average molecular weight is 1360 g/mol. The van der Waals surface area contributed by atoms with Crippen molar-refractivity contribution >= 4 is 52.2 Å². The van der Waals surface area contributed by atoms with Crippen molar-refractivity contribution in [1.82, 2.24) is 29.4 Å². The van der Waals surface area contributed by atoms with E-state index in [1.807, 2.05) is 45.0 Å². The Bertz CT molecular complexity index is 3850. The predicted octanol–water partition coefficient (Wildman–Crippen LogP) is 13.4. The summed E-state index contributed by atoms with van der Waals surface area (Å²) >= 11 is 0. The van der Waals surface area contributed by atoms with Crippen molar-refractivity contribution in [2.75, 3.05) is 170 Å². The number of para-hydroxylation sites is 1. The summed E-state index contributed by atoms with van der Waals surface area (Å²) in [5.41, 5.74) is 7.72. The van der Waals surface area contributed by atoms with Gasteiger partial charge in [-0.25, -0.2) is 40.7 Å². The van der Waals surface area contributed by atoms with Crippen LogP contribution in [0.2, 0.25) is 0 Å². The summed E-state index contributed by atoms with van der Waals surface area (Å²) in [5.74, 6) is -1.25. The fraction of sp³-hybridized carbons (Fsp3) is 0.500. The van der Waals surface area contributed by atoms with Gasteiger partial charge in [0.25, 0.3) is 0 Å². The number of hydrogen-bond acceptors (Lipinski definition) is 9. The van der Waals surface area contributed by atoms with Crippen molar-refractivity contribution in [2.24, 2.45) is 0 Å². The smallest absolute Gasteiger partial charge is 0.323 e. The molecule has 9 aliphatic rings. The van der Waals surface area contributed by atoms with Crippen LogP contribution in [0.1, 0.15) is 93.7 Å². The molecule has 0 saturated carbocycles. The molecule has 0 atom stereocenters. The van der Waals surface area contributed by atoms with E-state index >= 15 is 0 Å². The molecule has 0 aromatic heterocycles. The van der Waals surface area contributed by atoms with E-state index in [2.05, 4.69) is 29.4 Å². The maximum Gasteiger partial charge on any atom is 0.323 e. The van der Waals surface area contributed by atoms with Crippen LogP contribution in [0.3, 0.4) is 0 Å². The highest BCUT2D eigenvalue weighted by atomic mass is 19.1. The fourth-order valence-electron chi connectivity index (χ4n) is 17.9. The van der Waals surface area contributed by atoms with Gasteiger partial charge in [0.05, 0.1) is 5.69 Å². The first-order valence-corrected chi connectivity index (χ1v) is 35.7. The summed E-state index contributed by atoms with van der Waals surface area (Å²) in [7, 11) is 10.6. The molecule has 6 amide bonds. The Morgan fingerprint density at radius 2 is 0.657 bits per heavy atom. The Kier molecular flexibility index (Phi) is 20.3. The standard InChI is InChI=1S/3C26H32F2N4O/c1-29(2)25(33)32-18-26(23-17-20(28)5-8-24(23)32)11-15-31(16-12-26)22-9-13-30(14-10-22)21-6-3-19(27)4-7-21;1-29(2)25(33)32-18-26(23-17-20(28)6-7-24(23)32)10-14-31(15-11-26)21-8-12-30(13-9-21)22-5-3-4-19(27)16-22;1-29(2)25(33)32-18-26(21-17-19(27)7-8-23(21)32)11-15-30(16-12-26)20-9-13-31(14-10-20)24-6-4-3-5-22(24)28/h3-8,17,22H,9-16,18H2,1-2H3;3-7,16-17,21H,8-15,18H2,1-2H3;3-8,17,20H,9-16,18H2,1-2H3. The van der Waals surface area contributed by atoms with Gasteiger partial charge < -0.3 is 44.1 Å². The first-order valence-electron chi connectivity index (χ1n) is 35.7. The van der Waals surface area contributed by atoms with E-state index in [4.69, 9.17) is 0 Å². The maximum atomic E-state index is 14.2. The molecule has 15 nitrogen and oxygen atoms in total. The lowest BCUT2D eigenvalue weighted by Crippen LogP contribution is -2.52. The summed E-state index contributed by atoms with van der Waals surface area (Å²) in [6.07, 6.45) is 11.8. The molecule has 0 radical (unpaired) electrons. The van der Waals surface area contributed by atoms with Gasteiger partial charge in [-0.2, -0.15) is 0 Å². The van der Waals surface area contributed by atoms with E-state index in [0.717, 1.165) is 201 Å². The topological polar surface area (TPSA) is 90.1 Å². The minimum Gasteiger partial charge on any atom is -0.371 e. The van der Waals surface area contributed by atoms with E-state index in [-0.39, 0.29) is 69.2 Å². The highest BCUT2D eigenvalue weighted by molar-refractivity contribution is 5.96. The van der Waals surface area contributed by atoms with Crippen LogP contribution in [0, 0.1) is 34.9 Å². The molecule has 3 spiro atoms. The Labute approximate surface area is 580 Å². The second-order valence-corrected chi connectivity index (χ2v) is 29.8. The van der Waals surface area contributed by atoms with Crippen LogP contribution in [0.4, 0.5) is 74.9 Å². The van der Waals surface area contributed by atoms with Crippen molar-refractivity contribution in [3.63, 3.8) is 0 Å². The summed E-state index contributed by atoms with van der Waals surface area (Å²) in [6.45, 7) is 13.0. The molecular formula is C78H96F6N12O3. The van der Waals surface area contributed by atoms with Gasteiger partial charge >= 0.3 is 18.1 Å². The molecule has 0 aliphatic carbocycles. The Morgan fingerprint density at radius 1 is 0.333 bits per heavy atom.